The van der Waals surface area contributed by atoms with Crippen LogP contribution in [0.4, 0.5) is 0 Å². The van der Waals surface area contributed by atoms with E-state index in [0.717, 1.165) is 24.2 Å². The number of hydrogen-bond donors (Lipinski definition) is 2. The van der Waals surface area contributed by atoms with Crippen molar-refractivity contribution in [3.05, 3.63) is 88.1 Å². The summed E-state index contributed by atoms with van der Waals surface area (Å²) in [5.41, 5.74) is 6.63. The summed E-state index contributed by atoms with van der Waals surface area (Å²) in [7, 11) is 0. The van der Waals surface area contributed by atoms with Crippen LogP contribution in [0.25, 0.3) is 16.5 Å². The largest absolute Gasteiger partial charge is 0.290 e. The molecule has 33 heavy (non-hydrogen) atoms. The molecule has 9 nitrogen and oxygen atoms in total. The van der Waals surface area contributed by atoms with Crippen molar-refractivity contribution in [2.24, 2.45) is 0 Å². The Bertz CT molecular complexity index is 1420. The molecule has 2 aromatic carbocycles. The molecule has 0 unspecified atom stereocenters. The fourth-order valence-corrected chi connectivity index (χ4v) is 3.76. The van der Waals surface area contributed by atoms with Crippen LogP contribution in [0.5, 0.6) is 0 Å². The summed E-state index contributed by atoms with van der Waals surface area (Å²) in [4.78, 5) is 38.4. The summed E-state index contributed by atoms with van der Waals surface area (Å²) in [5.74, 6) is -0.753. The first-order valence-electron chi connectivity index (χ1n) is 10.8. The SMILES string of the molecule is CCn1nc(C(=O)NNC(=O)c2cc(C3CC3)nn2-c2ccccc2)c2ccccc2c1=O. The first-order chi connectivity index (χ1) is 16.1. The van der Waals surface area contributed by atoms with Crippen molar-refractivity contribution in [1.82, 2.24) is 30.4 Å². The van der Waals surface area contributed by atoms with Gasteiger partial charge in [-0.15, -0.1) is 0 Å². The average molecular weight is 442 g/mol. The molecule has 9 heteroatoms. The number of para-hydroxylation sites is 1. The van der Waals surface area contributed by atoms with Gasteiger partial charge in [-0.25, -0.2) is 9.36 Å². The van der Waals surface area contributed by atoms with Crippen LogP contribution in [-0.4, -0.2) is 31.4 Å². The Kier molecular flexibility index (Phi) is 5.21. The summed E-state index contributed by atoms with van der Waals surface area (Å²) in [6.07, 6.45) is 2.10. The molecule has 1 aliphatic rings. The lowest BCUT2D eigenvalue weighted by Gasteiger charge is -2.11. The van der Waals surface area contributed by atoms with E-state index in [1.54, 1.807) is 41.9 Å². The zero-order valence-corrected chi connectivity index (χ0v) is 18.0. The van der Waals surface area contributed by atoms with E-state index >= 15 is 0 Å². The second-order valence-corrected chi connectivity index (χ2v) is 7.90. The van der Waals surface area contributed by atoms with E-state index in [4.69, 9.17) is 0 Å². The topological polar surface area (TPSA) is 111 Å². The minimum absolute atomic E-state index is 0.0580. The number of aryl methyl sites for hydroxylation is 1. The Hall–Kier alpha value is -4.27. The number of hydrogen-bond acceptors (Lipinski definition) is 5. The molecule has 0 aliphatic heterocycles. The summed E-state index contributed by atoms with van der Waals surface area (Å²) in [6.45, 7) is 2.09. The number of amides is 2. The van der Waals surface area contributed by atoms with Gasteiger partial charge in [-0.2, -0.15) is 10.2 Å². The number of aromatic nitrogens is 4. The van der Waals surface area contributed by atoms with Crippen molar-refractivity contribution in [3.8, 4) is 5.69 Å². The Morgan fingerprint density at radius 3 is 2.30 bits per heavy atom. The van der Waals surface area contributed by atoms with Gasteiger partial charge in [0, 0.05) is 17.8 Å². The van der Waals surface area contributed by atoms with E-state index in [0.29, 0.717) is 28.9 Å². The number of hydrazine groups is 1. The highest BCUT2D eigenvalue weighted by Gasteiger charge is 2.29. The maximum Gasteiger partial charge on any atom is 0.290 e. The van der Waals surface area contributed by atoms with Crippen LogP contribution in [0.3, 0.4) is 0 Å². The van der Waals surface area contributed by atoms with Crippen LogP contribution in [0.15, 0.2) is 65.5 Å². The molecule has 1 fully saturated rings. The number of nitrogens with one attached hydrogen (secondary N) is 2. The van der Waals surface area contributed by atoms with Gasteiger partial charge in [0.1, 0.15) is 5.69 Å². The molecule has 0 radical (unpaired) electrons. The lowest BCUT2D eigenvalue weighted by Crippen LogP contribution is -2.43. The zero-order valence-electron chi connectivity index (χ0n) is 18.0. The number of benzene rings is 2. The third-order valence-corrected chi connectivity index (χ3v) is 5.63. The van der Waals surface area contributed by atoms with Gasteiger partial charge in [0.05, 0.1) is 16.8 Å². The van der Waals surface area contributed by atoms with Crippen LogP contribution in [0.2, 0.25) is 0 Å². The molecule has 5 rings (SSSR count). The lowest BCUT2D eigenvalue weighted by atomic mass is 10.1. The Morgan fingerprint density at radius 1 is 0.939 bits per heavy atom. The summed E-state index contributed by atoms with van der Waals surface area (Å²) < 4.78 is 2.81. The van der Waals surface area contributed by atoms with Crippen molar-refractivity contribution in [2.75, 3.05) is 0 Å². The highest BCUT2D eigenvalue weighted by Crippen LogP contribution is 2.39. The highest BCUT2D eigenvalue weighted by atomic mass is 16.2. The number of carbonyl (C=O) groups excluding carboxylic acids is 2. The van der Waals surface area contributed by atoms with Gasteiger partial charge in [0.15, 0.2) is 5.69 Å². The third-order valence-electron chi connectivity index (χ3n) is 5.63. The fourth-order valence-electron chi connectivity index (χ4n) is 3.76. The van der Waals surface area contributed by atoms with Gasteiger partial charge < -0.3 is 0 Å². The van der Waals surface area contributed by atoms with Crippen LogP contribution < -0.4 is 16.4 Å². The smallest absolute Gasteiger partial charge is 0.267 e. The molecule has 2 N–H and O–H groups in total. The predicted octanol–water partition coefficient (Wildman–Crippen LogP) is 2.55. The van der Waals surface area contributed by atoms with E-state index in [2.05, 4.69) is 21.0 Å². The summed E-state index contributed by atoms with van der Waals surface area (Å²) in [5, 5.41) is 9.62. The number of rotatable bonds is 5. The summed E-state index contributed by atoms with van der Waals surface area (Å²) in [6, 6.07) is 17.9. The van der Waals surface area contributed by atoms with E-state index in [1.165, 1.54) is 4.68 Å². The minimum atomic E-state index is -0.616. The van der Waals surface area contributed by atoms with Crippen LogP contribution in [0.1, 0.15) is 52.4 Å². The van der Waals surface area contributed by atoms with Crippen molar-refractivity contribution < 1.29 is 9.59 Å². The Labute approximate surface area is 189 Å². The molecular formula is C24H22N6O3. The number of fused-ring (bicyclic) bond motifs is 1. The maximum atomic E-state index is 13.0. The molecule has 2 amide bonds. The molecule has 166 valence electrons. The molecule has 1 aliphatic carbocycles. The van der Waals surface area contributed by atoms with Crippen LogP contribution in [0, 0.1) is 0 Å². The monoisotopic (exact) mass is 442 g/mol. The first-order valence-corrected chi connectivity index (χ1v) is 10.8. The second-order valence-electron chi connectivity index (χ2n) is 7.90. The quantitative estimate of drug-likeness (QED) is 0.462. The second kappa shape index (κ2) is 8.34. The minimum Gasteiger partial charge on any atom is -0.267 e. The van der Waals surface area contributed by atoms with Gasteiger partial charge in [-0.1, -0.05) is 36.4 Å². The highest BCUT2D eigenvalue weighted by molar-refractivity contribution is 6.05. The van der Waals surface area contributed by atoms with E-state index in [1.807, 2.05) is 30.3 Å². The fraction of sp³-hybridized carbons (Fsp3) is 0.208. The van der Waals surface area contributed by atoms with Gasteiger partial charge >= 0.3 is 0 Å². The molecule has 0 spiro atoms. The molecular weight excluding hydrogens is 420 g/mol. The van der Waals surface area contributed by atoms with Gasteiger partial charge in [0.25, 0.3) is 17.4 Å². The molecule has 0 atom stereocenters. The molecule has 0 saturated heterocycles. The van der Waals surface area contributed by atoms with Gasteiger partial charge in [-0.05, 0) is 44.0 Å². The van der Waals surface area contributed by atoms with E-state index in [-0.39, 0.29) is 11.3 Å². The maximum absolute atomic E-state index is 13.0. The Morgan fingerprint density at radius 2 is 1.61 bits per heavy atom. The van der Waals surface area contributed by atoms with Crippen molar-refractivity contribution in [1.29, 1.82) is 0 Å². The predicted molar refractivity (Wildman–Crippen MR) is 122 cm³/mol. The zero-order chi connectivity index (χ0) is 22.9. The molecule has 4 aromatic rings. The number of carbonyl (C=O) groups is 2. The third kappa shape index (κ3) is 3.89. The standard InChI is InChI=1S/C24H22N6O3/c1-2-29-24(33)18-11-7-6-10-17(18)21(28-29)23(32)26-25-22(31)20-14-19(15-12-13-15)27-30(20)16-8-4-3-5-9-16/h3-11,14-15H,2,12-13H2,1H3,(H,25,31)(H,26,32). The molecule has 2 heterocycles. The number of nitrogens with zero attached hydrogens (tertiary/aromatic N) is 4. The van der Waals surface area contributed by atoms with E-state index < -0.39 is 11.8 Å². The lowest BCUT2D eigenvalue weighted by molar-refractivity contribution is 0.0839. The first kappa shape index (κ1) is 20.6. The van der Waals surface area contributed by atoms with E-state index in [9.17, 15) is 14.4 Å². The normalized spacial score (nSPS) is 13.1. The van der Waals surface area contributed by atoms with Crippen molar-refractivity contribution in [3.63, 3.8) is 0 Å². The Balaban J connectivity index is 1.42. The van der Waals surface area contributed by atoms with Gasteiger partial charge in [0.2, 0.25) is 0 Å². The molecule has 0 bridgehead atoms. The summed E-state index contributed by atoms with van der Waals surface area (Å²) >= 11 is 0. The van der Waals surface area contributed by atoms with Crippen LogP contribution >= 0.6 is 0 Å². The van der Waals surface area contributed by atoms with Gasteiger partial charge in [-0.3, -0.25) is 25.2 Å². The molecule has 2 aromatic heterocycles. The van der Waals surface area contributed by atoms with Crippen molar-refractivity contribution in [2.45, 2.75) is 32.2 Å². The average Bonchev–Trinajstić information content (AvgIpc) is 3.61. The molecule has 1 saturated carbocycles. The van der Waals surface area contributed by atoms with Crippen molar-refractivity contribution >= 4 is 22.6 Å². The van der Waals surface area contributed by atoms with Crippen LogP contribution in [-0.2, 0) is 6.54 Å².